The number of allylic oxidation sites excluding steroid dienone is 6. The van der Waals surface area contributed by atoms with E-state index < -0.39 is 0 Å². The van der Waals surface area contributed by atoms with Gasteiger partial charge in [-0.05, 0) is 131 Å². The minimum Gasteiger partial charge on any atom is -0.493 e. The Morgan fingerprint density at radius 1 is 0.940 bits per heavy atom. The summed E-state index contributed by atoms with van der Waals surface area (Å²) in [5.74, 6) is 2.38. The topological polar surface area (TPSA) is 77.4 Å². The lowest BCUT2D eigenvalue weighted by molar-refractivity contribution is 0.233. The zero-order valence-corrected chi connectivity index (χ0v) is 31.8. The van der Waals surface area contributed by atoms with Crippen molar-refractivity contribution in [2.24, 2.45) is 10.9 Å². The van der Waals surface area contributed by atoms with Crippen LogP contribution in [0.1, 0.15) is 71.3 Å². The molecule has 1 aliphatic rings. The number of aryl methyl sites for hydroxylation is 1. The third-order valence-corrected chi connectivity index (χ3v) is 8.83. The van der Waals surface area contributed by atoms with Crippen LogP contribution in [0.4, 0.5) is 0 Å². The van der Waals surface area contributed by atoms with Gasteiger partial charge in [-0.25, -0.2) is 0 Å². The van der Waals surface area contributed by atoms with Crippen molar-refractivity contribution < 1.29 is 18.9 Å². The molecule has 50 heavy (non-hydrogen) atoms. The zero-order valence-electron chi connectivity index (χ0n) is 31.8. The number of aliphatic imine (C=N–C) groups is 1. The summed E-state index contributed by atoms with van der Waals surface area (Å²) >= 11 is 0. The van der Waals surface area contributed by atoms with Gasteiger partial charge in [0.05, 0.1) is 39.3 Å². The molecule has 1 aliphatic heterocycles. The van der Waals surface area contributed by atoms with Crippen LogP contribution < -0.4 is 19.5 Å². The molecular weight excluding hydrogens is 624 g/mol. The second-order valence-corrected chi connectivity index (χ2v) is 13.0. The molecule has 0 amide bonds. The summed E-state index contributed by atoms with van der Waals surface area (Å²) in [4.78, 5) is 11.9. The van der Waals surface area contributed by atoms with E-state index in [2.05, 4.69) is 78.5 Å². The third-order valence-electron chi connectivity index (χ3n) is 8.83. The number of benzene rings is 1. The number of nitrogens with zero attached hydrogens (tertiary/aromatic N) is 3. The normalized spacial score (nSPS) is 13.6. The van der Waals surface area contributed by atoms with Gasteiger partial charge in [-0.3, -0.25) is 9.98 Å². The molecule has 0 radical (unpaired) electrons. The van der Waals surface area contributed by atoms with Crippen LogP contribution in [0.5, 0.6) is 17.2 Å². The molecule has 2 heterocycles. The Bertz CT molecular complexity index is 1420. The van der Waals surface area contributed by atoms with Gasteiger partial charge in [-0.1, -0.05) is 50.6 Å². The van der Waals surface area contributed by atoms with Gasteiger partial charge in [-0.15, -0.1) is 0 Å². The molecule has 2 aromatic rings. The fourth-order valence-corrected chi connectivity index (χ4v) is 6.03. The summed E-state index contributed by atoms with van der Waals surface area (Å²) in [6, 6.07) is 8.18. The molecule has 0 unspecified atom stereocenters. The van der Waals surface area contributed by atoms with Gasteiger partial charge in [0.15, 0.2) is 11.5 Å². The highest BCUT2D eigenvalue weighted by Crippen LogP contribution is 2.40. The number of aromatic nitrogens is 1. The number of hydrogen-bond donors (Lipinski definition) is 1. The molecule has 0 bridgehead atoms. The predicted molar refractivity (Wildman–Crippen MR) is 209 cm³/mol. The van der Waals surface area contributed by atoms with E-state index in [1.165, 1.54) is 29.6 Å². The van der Waals surface area contributed by atoms with Crippen LogP contribution in [0.2, 0.25) is 0 Å². The van der Waals surface area contributed by atoms with Gasteiger partial charge in [0.2, 0.25) is 5.75 Å². The molecule has 0 aliphatic carbocycles. The van der Waals surface area contributed by atoms with E-state index in [1.807, 2.05) is 24.5 Å². The highest BCUT2D eigenvalue weighted by atomic mass is 16.5. The molecular formula is C42H62N4O4. The van der Waals surface area contributed by atoms with Crippen LogP contribution in [0.25, 0.3) is 11.3 Å². The second-order valence-electron chi connectivity index (χ2n) is 13.0. The first-order valence-corrected chi connectivity index (χ1v) is 18.4. The van der Waals surface area contributed by atoms with Crippen molar-refractivity contribution in [3.8, 4) is 28.5 Å². The summed E-state index contributed by atoms with van der Waals surface area (Å²) in [5.41, 5.74) is 6.88. The molecule has 0 fully saturated rings. The largest absolute Gasteiger partial charge is 0.493 e. The lowest BCUT2D eigenvalue weighted by atomic mass is 9.99. The minimum absolute atomic E-state index is 0.544. The van der Waals surface area contributed by atoms with Crippen molar-refractivity contribution in [1.82, 2.24) is 15.2 Å². The monoisotopic (exact) mass is 686 g/mol. The lowest BCUT2D eigenvalue weighted by Crippen LogP contribution is -2.29. The standard InChI is InChI=1S/C42H62N4O4/c1-8-46(26-13-18-35-20-25-45-39(30-35)37-31-40(48-5)42(50-7)41(32-37)49-6)27-14-23-43-22-10-9-16-34-17-12-24-44-38(29-34)36(21-28-47-4)19-11-15-33(2)3/h11-12,15,20-21,24-25,29-33,43H,8-10,13-14,16-19,22-23,26-28H2,1-7H3/b15-11-,36-21+. The first kappa shape index (κ1) is 40.7. The van der Waals surface area contributed by atoms with Crippen LogP contribution >= 0.6 is 0 Å². The van der Waals surface area contributed by atoms with Gasteiger partial charge in [-0.2, -0.15) is 0 Å². The number of methoxy groups -OCH3 is 4. The van der Waals surface area contributed by atoms with Crippen molar-refractivity contribution in [2.75, 3.05) is 67.8 Å². The van der Waals surface area contributed by atoms with Gasteiger partial charge in [0.1, 0.15) is 0 Å². The van der Waals surface area contributed by atoms with Crippen molar-refractivity contribution in [3.05, 3.63) is 83.8 Å². The minimum atomic E-state index is 0.544. The van der Waals surface area contributed by atoms with Crippen LogP contribution in [-0.4, -0.2) is 83.4 Å². The molecule has 8 nitrogen and oxygen atoms in total. The molecule has 0 atom stereocenters. The van der Waals surface area contributed by atoms with E-state index in [1.54, 1.807) is 28.4 Å². The first-order valence-electron chi connectivity index (χ1n) is 18.4. The van der Waals surface area contributed by atoms with E-state index in [0.717, 1.165) is 88.2 Å². The Labute approximate surface area is 302 Å². The van der Waals surface area contributed by atoms with Gasteiger partial charge >= 0.3 is 0 Å². The summed E-state index contributed by atoms with van der Waals surface area (Å²) < 4.78 is 21.9. The van der Waals surface area contributed by atoms with E-state index in [4.69, 9.17) is 23.9 Å². The number of unbranched alkanes of at least 4 members (excludes halogenated alkanes) is 1. The maximum atomic E-state index is 5.54. The maximum absolute atomic E-state index is 5.54. The Morgan fingerprint density at radius 3 is 2.40 bits per heavy atom. The molecule has 0 saturated carbocycles. The molecule has 1 aromatic carbocycles. The summed E-state index contributed by atoms with van der Waals surface area (Å²) in [5, 5.41) is 3.68. The summed E-state index contributed by atoms with van der Waals surface area (Å²) in [7, 11) is 6.62. The molecule has 0 saturated heterocycles. The number of ether oxygens (including phenoxy) is 4. The van der Waals surface area contributed by atoms with Crippen molar-refractivity contribution in [2.45, 2.75) is 72.1 Å². The fraction of sp³-hybridized carbons (Fsp3) is 0.524. The second kappa shape index (κ2) is 23.6. The Balaban J connectivity index is 1.36. The summed E-state index contributed by atoms with van der Waals surface area (Å²) in [6.07, 6.45) is 23.6. The van der Waals surface area contributed by atoms with Crippen LogP contribution in [0.15, 0.2) is 83.2 Å². The van der Waals surface area contributed by atoms with Gasteiger partial charge < -0.3 is 29.2 Å². The molecule has 3 rings (SSSR count). The third kappa shape index (κ3) is 14.3. The van der Waals surface area contributed by atoms with Crippen LogP contribution in [-0.2, 0) is 11.2 Å². The van der Waals surface area contributed by atoms with E-state index in [9.17, 15) is 0 Å². The quantitative estimate of drug-likeness (QED) is 0.0875. The summed E-state index contributed by atoms with van der Waals surface area (Å²) in [6.45, 7) is 12.7. The highest BCUT2D eigenvalue weighted by molar-refractivity contribution is 6.09. The van der Waals surface area contributed by atoms with Crippen molar-refractivity contribution >= 4 is 5.71 Å². The van der Waals surface area contributed by atoms with E-state index in [0.29, 0.717) is 29.8 Å². The average molecular weight is 687 g/mol. The number of rotatable bonds is 24. The van der Waals surface area contributed by atoms with Crippen molar-refractivity contribution in [3.63, 3.8) is 0 Å². The SMILES string of the molecule is CCN(CCCNCCCCC1=CC(/C(=C/COC)C/C=C\C(C)C)=NC=CC1)CCCc1ccnc(-c2cc(OC)c(OC)c(OC)c2)c1. The van der Waals surface area contributed by atoms with E-state index >= 15 is 0 Å². The van der Waals surface area contributed by atoms with Crippen molar-refractivity contribution in [1.29, 1.82) is 0 Å². The number of nitrogens with one attached hydrogen (secondary N) is 1. The van der Waals surface area contributed by atoms with Crippen LogP contribution in [0.3, 0.4) is 0 Å². The zero-order chi connectivity index (χ0) is 36.0. The molecule has 8 heteroatoms. The Morgan fingerprint density at radius 2 is 1.70 bits per heavy atom. The average Bonchev–Trinajstić information content (AvgIpc) is 3.38. The molecule has 1 N–H and O–H groups in total. The highest BCUT2D eigenvalue weighted by Gasteiger charge is 2.15. The lowest BCUT2D eigenvalue weighted by Gasteiger charge is -2.20. The molecule has 1 aromatic heterocycles. The van der Waals surface area contributed by atoms with Gasteiger partial charge in [0.25, 0.3) is 0 Å². The smallest absolute Gasteiger partial charge is 0.203 e. The Hall–Kier alpha value is -3.72. The fourth-order valence-electron chi connectivity index (χ4n) is 6.03. The van der Waals surface area contributed by atoms with Gasteiger partial charge in [0, 0.05) is 25.1 Å². The number of hydrogen-bond acceptors (Lipinski definition) is 8. The molecule has 274 valence electrons. The van der Waals surface area contributed by atoms with Crippen LogP contribution in [0, 0.1) is 5.92 Å². The number of pyridine rings is 1. The maximum Gasteiger partial charge on any atom is 0.203 e. The first-order chi connectivity index (χ1) is 24.4. The predicted octanol–water partition coefficient (Wildman–Crippen LogP) is 8.64. The Kier molecular flexibility index (Phi) is 19.2. The van der Waals surface area contributed by atoms with E-state index in [-0.39, 0.29) is 0 Å². The molecule has 0 spiro atoms.